The van der Waals surface area contributed by atoms with Crippen LogP contribution in [0.1, 0.15) is 95.2 Å². The molecule has 4 bridgehead atoms. The van der Waals surface area contributed by atoms with Gasteiger partial charge in [0.15, 0.2) is 5.69 Å². The monoisotopic (exact) mass is 520 g/mol. The molecule has 38 heavy (non-hydrogen) atoms. The number of carboxylic acids is 1. The Morgan fingerprint density at radius 2 is 1.63 bits per heavy atom. The fourth-order valence-corrected chi connectivity index (χ4v) is 8.38. The standard InChI is InChI=1S/C30H40N4O4/c1-38-32-26(12-13-28(35)36)29-30(37)34(27-11-3-2-10-25(27)31-29)24-17-21-8-5-9-22(18-24)33(21)23-15-19-6-4-7-20(14-19)16-23/h2-3,10-11,19-24H,4-9,12-18H2,1H3,(H,35,36)/b32-26+/t19-,20+,21-,22+,23+,24+. The van der Waals surface area contributed by atoms with E-state index in [1.807, 2.05) is 28.8 Å². The van der Waals surface area contributed by atoms with Gasteiger partial charge in [0.25, 0.3) is 5.56 Å². The summed E-state index contributed by atoms with van der Waals surface area (Å²) < 4.78 is 1.96. The lowest BCUT2D eigenvalue weighted by atomic mass is 9.68. The predicted octanol–water partition coefficient (Wildman–Crippen LogP) is 5.14. The third-order valence-corrected chi connectivity index (χ3v) is 9.74. The summed E-state index contributed by atoms with van der Waals surface area (Å²) >= 11 is 0. The van der Waals surface area contributed by atoms with Crippen LogP contribution in [0.25, 0.3) is 11.0 Å². The summed E-state index contributed by atoms with van der Waals surface area (Å²) in [4.78, 5) is 38.0. The van der Waals surface area contributed by atoms with E-state index >= 15 is 0 Å². The molecule has 2 aliphatic heterocycles. The molecular weight excluding hydrogens is 480 g/mol. The number of oxime groups is 1. The van der Waals surface area contributed by atoms with Crippen molar-refractivity contribution in [1.29, 1.82) is 0 Å². The molecule has 0 radical (unpaired) electrons. The fourth-order valence-electron chi connectivity index (χ4n) is 8.38. The third-order valence-electron chi connectivity index (χ3n) is 9.74. The zero-order chi connectivity index (χ0) is 26.2. The highest BCUT2D eigenvalue weighted by molar-refractivity contribution is 6.00. The van der Waals surface area contributed by atoms with Gasteiger partial charge < -0.3 is 14.5 Å². The highest BCUT2D eigenvalue weighted by Crippen LogP contribution is 2.47. The van der Waals surface area contributed by atoms with Gasteiger partial charge in [-0.1, -0.05) is 43.0 Å². The second kappa shape index (κ2) is 10.8. The normalized spacial score (nSPS) is 31.8. The zero-order valence-corrected chi connectivity index (χ0v) is 22.4. The van der Waals surface area contributed by atoms with Gasteiger partial charge in [0.1, 0.15) is 12.8 Å². The van der Waals surface area contributed by atoms with Gasteiger partial charge in [-0.25, -0.2) is 4.98 Å². The summed E-state index contributed by atoms with van der Waals surface area (Å²) in [5.74, 6) is 0.871. The van der Waals surface area contributed by atoms with Crippen LogP contribution in [0, 0.1) is 11.8 Å². The van der Waals surface area contributed by atoms with E-state index in [-0.39, 0.29) is 30.1 Å². The number of piperidine rings is 2. The summed E-state index contributed by atoms with van der Waals surface area (Å²) in [6.45, 7) is 0. The van der Waals surface area contributed by atoms with Crippen LogP contribution >= 0.6 is 0 Å². The maximum atomic E-state index is 14.1. The maximum Gasteiger partial charge on any atom is 0.303 e. The lowest BCUT2D eigenvalue weighted by Crippen LogP contribution is -2.58. The molecule has 4 aliphatic rings. The number of aromatic nitrogens is 2. The Hall–Kier alpha value is -2.74. The molecule has 6 atom stereocenters. The highest BCUT2D eigenvalue weighted by Gasteiger charge is 2.45. The van der Waals surface area contributed by atoms with E-state index < -0.39 is 5.97 Å². The predicted molar refractivity (Wildman–Crippen MR) is 146 cm³/mol. The average Bonchev–Trinajstić information content (AvgIpc) is 2.90. The topological polar surface area (TPSA) is 97.0 Å². The molecule has 0 amide bonds. The van der Waals surface area contributed by atoms with E-state index in [1.54, 1.807) is 0 Å². The van der Waals surface area contributed by atoms with Crippen molar-refractivity contribution in [3.63, 3.8) is 0 Å². The molecule has 0 unspecified atom stereocenters. The molecule has 1 N–H and O–H groups in total. The summed E-state index contributed by atoms with van der Waals surface area (Å²) in [5, 5.41) is 13.3. The Bertz CT molecular complexity index is 1250. The second-order valence-electron chi connectivity index (χ2n) is 12.1. The van der Waals surface area contributed by atoms with Gasteiger partial charge in [-0.15, -0.1) is 0 Å². The van der Waals surface area contributed by atoms with Gasteiger partial charge in [0, 0.05) is 30.6 Å². The van der Waals surface area contributed by atoms with Crippen LogP contribution in [0.15, 0.2) is 34.2 Å². The molecular formula is C30H40N4O4. The summed E-state index contributed by atoms with van der Waals surface area (Å²) in [6, 6.07) is 9.62. The first-order chi connectivity index (χ1) is 18.5. The first-order valence-corrected chi connectivity index (χ1v) is 14.6. The molecule has 2 saturated carbocycles. The van der Waals surface area contributed by atoms with Crippen LogP contribution in [0.4, 0.5) is 0 Å². The highest BCUT2D eigenvalue weighted by atomic mass is 16.6. The minimum atomic E-state index is -0.943. The lowest BCUT2D eigenvalue weighted by Gasteiger charge is -2.55. The largest absolute Gasteiger partial charge is 0.481 e. The van der Waals surface area contributed by atoms with E-state index in [9.17, 15) is 14.7 Å². The summed E-state index contributed by atoms with van der Waals surface area (Å²) in [5.41, 5.74) is 1.90. The van der Waals surface area contributed by atoms with Crippen LogP contribution in [-0.2, 0) is 9.63 Å². The quantitative estimate of drug-likeness (QED) is 0.401. The first-order valence-electron chi connectivity index (χ1n) is 14.6. The molecule has 6 rings (SSSR count). The molecule has 2 saturated heterocycles. The van der Waals surface area contributed by atoms with Crippen LogP contribution in [-0.4, -0.2) is 56.5 Å². The van der Waals surface area contributed by atoms with E-state index in [0.717, 1.165) is 35.7 Å². The lowest BCUT2D eigenvalue weighted by molar-refractivity contribution is -0.136. The van der Waals surface area contributed by atoms with Crippen molar-refractivity contribution in [1.82, 2.24) is 14.5 Å². The van der Waals surface area contributed by atoms with Crippen molar-refractivity contribution < 1.29 is 14.7 Å². The Balaban J connectivity index is 1.35. The van der Waals surface area contributed by atoms with Crippen LogP contribution in [0.2, 0.25) is 0 Å². The Labute approximate surface area is 224 Å². The number of carboxylic acid groups (broad SMARTS) is 1. The van der Waals surface area contributed by atoms with Crippen molar-refractivity contribution in [2.24, 2.45) is 17.0 Å². The molecule has 1 aromatic carbocycles. The molecule has 4 fully saturated rings. The molecule has 0 spiro atoms. The van der Waals surface area contributed by atoms with Crippen molar-refractivity contribution in [2.75, 3.05) is 7.11 Å². The van der Waals surface area contributed by atoms with Gasteiger partial charge in [-0.05, 0) is 68.9 Å². The van der Waals surface area contributed by atoms with Crippen molar-refractivity contribution in [3.05, 3.63) is 40.3 Å². The maximum absolute atomic E-state index is 14.1. The number of para-hydroxylation sites is 2. The summed E-state index contributed by atoms with van der Waals surface area (Å²) in [6.07, 6.45) is 14.0. The van der Waals surface area contributed by atoms with Crippen LogP contribution < -0.4 is 5.56 Å². The SMILES string of the molecule is CO/N=C(\CCC(=O)O)c1nc2ccccc2n([C@H]2C[C@H]3CCC[C@@H](C2)N3[C@H]2C[C@@H]3CCC[C@@H](C3)C2)c1=O. The van der Waals surface area contributed by atoms with Gasteiger partial charge in [0.05, 0.1) is 17.5 Å². The number of hydrogen-bond acceptors (Lipinski definition) is 6. The number of carbonyl (C=O) groups is 1. The zero-order valence-electron chi connectivity index (χ0n) is 22.4. The number of nitrogens with zero attached hydrogens (tertiary/aromatic N) is 4. The second-order valence-corrected chi connectivity index (χ2v) is 12.1. The molecule has 8 heteroatoms. The van der Waals surface area contributed by atoms with E-state index in [4.69, 9.17) is 4.84 Å². The van der Waals surface area contributed by atoms with Crippen molar-refractivity contribution in [3.8, 4) is 0 Å². The minimum absolute atomic E-state index is 0.0899. The summed E-state index contributed by atoms with van der Waals surface area (Å²) in [7, 11) is 1.41. The Morgan fingerprint density at radius 3 is 2.32 bits per heavy atom. The van der Waals surface area contributed by atoms with Gasteiger partial charge >= 0.3 is 5.97 Å². The van der Waals surface area contributed by atoms with Crippen molar-refractivity contribution in [2.45, 2.75) is 108 Å². The van der Waals surface area contributed by atoms with Crippen LogP contribution in [0.3, 0.4) is 0 Å². The molecule has 2 aromatic rings. The van der Waals surface area contributed by atoms with Crippen LogP contribution in [0.5, 0.6) is 0 Å². The Morgan fingerprint density at radius 1 is 0.947 bits per heavy atom. The van der Waals surface area contributed by atoms with Gasteiger partial charge in [0.2, 0.25) is 0 Å². The van der Waals surface area contributed by atoms with Gasteiger partial charge in [-0.2, -0.15) is 0 Å². The van der Waals surface area contributed by atoms with E-state index in [1.165, 1.54) is 64.9 Å². The first kappa shape index (κ1) is 25.5. The molecule has 8 nitrogen and oxygen atoms in total. The number of rotatable bonds is 7. The van der Waals surface area contributed by atoms with E-state index in [0.29, 0.717) is 23.8 Å². The number of aliphatic carboxylic acids is 1. The molecule has 2 aliphatic carbocycles. The Kier molecular flexibility index (Phi) is 7.25. The van der Waals surface area contributed by atoms with E-state index in [2.05, 4.69) is 15.0 Å². The number of fused-ring (bicyclic) bond motifs is 5. The van der Waals surface area contributed by atoms with Gasteiger partial charge in [-0.3, -0.25) is 14.5 Å². The number of benzene rings is 1. The average molecular weight is 521 g/mol. The third kappa shape index (κ3) is 4.88. The molecule has 204 valence electrons. The minimum Gasteiger partial charge on any atom is -0.481 e. The molecule has 3 heterocycles. The fraction of sp³-hybridized carbons (Fsp3) is 0.667. The number of hydrogen-bond donors (Lipinski definition) is 1. The van der Waals surface area contributed by atoms with Crippen molar-refractivity contribution >= 4 is 22.7 Å². The smallest absolute Gasteiger partial charge is 0.303 e. The molecule has 1 aromatic heterocycles.